The summed E-state index contributed by atoms with van der Waals surface area (Å²) in [5, 5.41) is 7.17. The van der Waals surface area contributed by atoms with Crippen LogP contribution in [0.25, 0.3) is 0 Å². The highest BCUT2D eigenvalue weighted by molar-refractivity contribution is 5.14. The summed E-state index contributed by atoms with van der Waals surface area (Å²) < 4.78 is 4.92. The average molecular weight is 274 g/mol. The van der Waals surface area contributed by atoms with Crippen molar-refractivity contribution in [2.75, 3.05) is 20.1 Å². The van der Waals surface area contributed by atoms with Gasteiger partial charge in [0.15, 0.2) is 5.82 Å². The Morgan fingerprint density at radius 1 is 1.25 bits per heavy atom. The monoisotopic (exact) mass is 274 g/mol. The Kier molecular flexibility index (Phi) is 5.70. The van der Waals surface area contributed by atoms with Crippen LogP contribution in [0.4, 0.5) is 0 Å². The maximum absolute atomic E-state index is 4.92. The predicted molar refractivity (Wildman–Crippen MR) is 78.1 cm³/mol. The molecular weight excluding hydrogens is 252 g/mol. The predicted octanol–water partition coefficient (Wildman–Crippen LogP) is 1.99. The van der Waals surface area contributed by atoms with Crippen LogP contribution in [0, 0.1) is 6.92 Å². The third-order valence-corrected chi connectivity index (χ3v) is 3.04. The van der Waals surface area contributed by atoms with E-state index >= 15 is 0 Å². The third kappa shape index (κ3) is 5.11. The van der Waals surface area contributed by atoms with Crippen LogP contribution in [0.1, 0.15) is 23.7 Å². The van der Waals surface area contributed by atoms with Crippen molar-refractivity contribution in [3.63, 3.8) is 0 Å². The van der Waals surface area contributed by atoms with E-state index in [-0.39, 0.29) is 0 Å². The highest BCUT2D eigenvalue weighted by atomic mass is 16.5. The van der Waals surface area contributed by atoms with E-state index in [9.17, 15) is 0 Å². The molecule has 0 aliphatic rings. The Balaban J connectivity index is 1.56. The molecule has 0 spiro atoms. The van der Waals surface area contributed by atoms with E-state index in [1.54, 1.807) is 6.92 Å². The van der Waals surface area contributed by atoms with Crippen molar-refractivity contribution < 1.29 is 4.52 Å². The summed E-state index contributed by atoms with van der Waals surface area (Å²) in [5.41, 5.74) is 1.35. The van der Waals surface area contributed by atoms with Crippen molar-refractivity contribution in [2.24, 2.45) is 0 Å². The number of hydrogen-bond donors (Lipinski definition) is 1. The van der Waals surface area contributed by atoms with Gasteiger partial charge in [0.05, 0.1) is 6.54 Å². The largest absolute Gasteiger partial charge is 0.340 e. The Bertz CT molecular complexity index is 498. The maximum Gasteiger partial charge on any atom is 0.223 e. The maximum atomic E-state index is 4.92. The van der Waals surface area contributed by atoms with Crippen molar-refractivity contribution in [3.05, 3.63) is 47.6 Å². The summed E-state index contributed by atoms with van der Waals surface area (Å²) in [6, 6.07) is 10.5. The number of aromatic nitrogens is 2. The molecule has 1 heterocycles. The Hall–Kier alpha value is -1.72. The molecule has 0 fully saturated rings. The lowest BCUT2D eigenvalue weighted by Crippen LogP contribution is -2.24. The van der Waals surface area contributed by atoms with E-state index in [0.29, 0.717) is 12.4 Å². The van der Waals surface area contributed by atoms with E-state index in [1.165, 1.54) is 5.56 Å². The lowest BCUT2D eigenvalue weighted by molar-refractivity contribution is 0.319. The van der Waals surface area contributed by atoms with Crippen LogP contribution in [-0.4, -0.2) is 35.2 Å². The first-order chi connectivity index (χ1) is 9.74. The molecule has 108 valence electrons. The number of aryl methyl sites for hydroxylation is 1. The van der Waals surface area contributed by atoms with Crippen molar-refractivity contribution in [1.29, 1.82) is 0 Å². The van der Waals surface area contributed by atoms with Gasteiger partial charge < -0.3 is 14.7 Å². The molecular formula is C15H22N4O. The van der Waals surface area contributed by atoms with Gasteiger partial charge in [-0.25, -0.2) is 0 Å². The van der Waals surface area contributed by atoms with Gasteiger partial charge in [-0.15, -0.1) is 0 Å². The van der Waals surface area contributed by atoms with Gasteiger partial charge in [-0.2, -0.15) is 4.98 Å². The van der Waals surface area contributed by atoms with Crippen LogP contribution in [0.5, 0.6) is 0 Å². The smallest absolute Gasteiger partial charge is 0.223 e. The molecule has 0 atom stereocenters. The first kappa shape index (κ1) is 14.7. The summed E-state index contributed by atoms with van der Waals surface area (Å²) in [6.07, 6.45) is 1.10. The SMILES string of the molecule is Cc1nc(CNCCCN(C)Cc2ccccc2)no1. The molecule has 0 aliphatic carbocycles. The zero-order valence-corrected chi connectivity index (χ0v) is 12.2. The number of rotatable bonds is 8. The van der Waals surface area contributed by atoms with Gasteiger partial charge in [0, 0.05) is 13.5 Å². The Morgan fingerprint density at radius 2 is 2.05 bits per heavy atom. The van der Waals surface area contributed by atoms with E-state index in [2.05, 4.69) is 51.7 Å². The van der Waals surface area contributed by atoms with E-state index in [0.717, 1.165) is 31.9 Å². The molecule has 0 radical (unpaired) electrons. The van der Waals surface area contributed by atoms with Gasteiger partial charge in [-0.3, -0.25) is 0 Å². The van der Waals surface area contributed by atoms with Gasteiger partial charge in [-0.1, -0.05) is 35.5 Å². The Morgan fingerprint density at radius 3 is 2.75 bits per heavy atom. The second-order valence-electron chi connectivity index (χ2n) is 4.98. The topological polar surface area (TPSA) is 54.2 Å². The molecule has 0 saturated carbocycles. The van der Waals surface area contributed by atoms with Gasteiger partial charge >= 0.3 is 0 Å². The summed E-state index contributed by atoms with van der Waals surface area (Å²) in [5.74, 6) is 1.34. The second kappa shape index (κ2) is 7.77. The van der Waals surface area contributed by atoms with Crippen LogP contribution in [0.3, 0.4) is 0 Å². The van der Waals surface area contributed by atoms with Crippen LogP contribution in [-0.2, 0) is 13.1 Å². The number of hydrogen-bond acceptors (Lipinski definition) is 5. The molecule has 2 aromatic rings. The zero-order valence-electron chi connectivity index (χ0n) is 12.2. The molecule has 20 heavy (non-hydrogen) atoms. The fraction of sp³-hybridized carbons (Fsp3) is 0.467. The molecule has 0 saturated heterocycles. The minimum atomic E-state index is 0.615. The molecule has 5 nitrogen and oxygen atoms in total. The first-order valence-electron chi connectivity index (χ1n) is 6.96. The molecule has 5 heteroatoms. The molecule has 0 aliphatic heterocycles. The standard InChI is InChI=1S/C15H22N4O/c1-13-17-15(18-20-13)11-16-9-6-10-19(2)12-14-7-4-3-5-8-14/h3-5,7-8,16H,6,9-12H2,1-2H3. The minimum absolute atomic E-state index is 0.615. The van der Waals surface area contributed by atoms with E-state index in [1.807, 2.05) is 6.07 Å². The van der Waals surface area contributed by atoms with Crippen LogP contribution >= 0.6 is 0 Å². The van der Waals surface area contributed by atoms with Crippen molar-refractivity contribution in [2.45, 2.75) is 26.4 Å². The normalized spacial score (nSPS) is 11.2. The average Bonchev–Trinajstić information content (AvgIpc) is 2.85. The van der Waals surface area contributed by atoms with Crippen molar-refractivity contribution in [3.8, 4) is 0 Å². The zero-order chi connectivity index (χ0) is 14.2. The summed E-state index contributed by atoms with van der Waals surface area (Å²) in [4.78, 5) is 6.48. The van der Waals surface area contributed by atoms with Crippen molar-refractivity contribution in [1.82, 2.24) is 20.4 Å². The minimum Gasteiger partial charge on any atom is -0.340 e. The number of nitrogens with one attached hydrogen (secondary N) is 1. The quantitative estimate of drug-likeness (QED) is 0.746. The third-order valence-electron chi connectivity index (χ3n) is 3.04. The van der Waals surface area contributed by atoms with Crippen molar-refractivity contribution >= 4 is 0 Å². The number of nitrogens with zero attached hydrogens (tertiary/aromatic N) is 3. The lowest BCUT2D eigenvalue weighted by Gasteiger charge is -2.16. The molecule has 0 bridgehead atoms. The summed E-state index contributed by atoms with van der Waals surface area (Å²) in [7, 11) is 2.15. The highest BCUT2D eigenvalue weighted by Gasteiger charge is 2.02. The summed E-state index contributed by atoms with van der Waals surface area (Å²) >= 11 is 0. The molecule has 2 rings (SSSR count). The fourth-order valence-electron chi connectivity index (χ4n) is 2.06. The Labute approximate surface area is 120 Å². The van der Waals surface area contributed by atoms with Gasteiger partial charge in [0.25, 0.3) is 0 Å². The van der Waals surface area contributed by atoms with Gasteiger partial charge in [-0.05, 0) is 32.1 Å². The first-order valence-corrected chi connectivity index (χ1v) is 6.96. The van der Waals surface area contributed by atoms with Crippen LogP contribution in [0.2, 0.25) is 0 Å². The van der Waals surface area contributed by atoms with Gasteiger partial charge in [0.2, 0.25) is 5.89 Å². The van der Waals surface area contributed by atoms with Crippen LogP contribution < -0.4 is 5.32 Å². The van der Waals surface area contributed by atoms with Gasteiger partial charge in [0.1, 0.15) is 0 Å². The van der Waals surface area contributed by atoms with Crippen LogP contribution in [0.15, 0.2) is 34.9 Å². The van der Waals surface area contributed by atoms with E-state index < -0.39 is 0 Å². The molecule has 1 N–H and O–H groups in total. The molecule has 0 unspecified atom stereocenters. The highest BCUT2D eigenvalue weighted by Crippen LogP contribution is 2.02. The molecule has 0 amide bonds. The second-order valence-corrected chi connectivity index (χ2v) is 4.98. The van der Waals surface area contributed by atoms with E-state index in [4.69, 9.17) is 4.52 Å². The fourth-order valence-corrected chi connectivity index (χ4v) is 2.06. The summed E-state index contributed by atoms with van der Waals surface area (Å²) in [6.45, 7) is 5.47. The number of benzene rings is 1. The lowest BCUT2D eigenvalue weighted by atomic mass is 10.2. The molecule has 1 aromatic heterocycles. The molecule has 1 aromatic carbocycles.